The molecule has 2 aromatic rings. The highest BCUT2D eigenvalue weighted by Crippen LogP contribution is 2.28. The van der Waals surface area contributed by atoms with E-state index in [1.54, 1.807) is 0 Å². The van der Waals surface area contributed by atoms with Crippen LogP contribution in [-0.4, -0.2) is 5.11 Å². The third-order valence-corrected chi connectivity index (χ3v) is 4.22. The first-order valence-electron chi connectivity index (χ1n) is 7.36. The van der Waals surface area contributed by atoms with Gasteiger partial charge in [0.2, 0.25) is 0 Å². The zero-order valence-electron chi connectivity index (χ0n) is 11.7. The first kappa shape index (κ1) is 13.3. The number of aryl methyl sites for hydroxylation is 2. The number of hydrogen-bond donors (Lipinski definition) is 2. The second-order valence-corrected chi connectivity index (χ2v) is 5.58. The molecule has 0 heterocycles. The fourth-order valence-electron chi connectivity index (χ4n) is 2.95. The van der Waals surface area contributed by atoms with Gasteiger partial charge in [-0.15, -0.1) is 0 Å². The molecule has 3 N–H and O–H groups in total. The molecule has 2 heteroatoms. The predicted octanol–water partition coefficient (Wildman–Crippen LogP) is 3.11. The van der Waals surface area contributed by atoms with Crippen LogP contribution in [0.25, 0.3) is 0 Å². The van der Waals surface area contributed by atoms with E-state index in [0.29, 0.717) is 6.54 Å². The highest BCUT2D eigenvalue weighted by molar-refractivity contribution is 5.38. The number of rotatable bonds is 3. The molecule has 20 heavy (non-hydrogen) atoms. The summed E-state index contributed by atoms with van der Waals surface area (Å²) in [6.07, 6.45) is 4.32. The molecular weight excluding hydrogens is 246 g/mol. The van der Waals surface area contributed by atoms with Crippen molar-refractivity contribution in [1.29, 1.82) is 0 Å². The molecule has 0 radical (unpaired) electrons. The molecular formula is C18H21NO. The summed E-state index contributed by atoms with van der Waals surface area (Å²) in [5, 5.41) is 10.5. The van der Waals surface area contributed by atoms with Gasteiger partial charge in [-0.25, -0.2) is 0 Å². The quantitative estimate of drug-likeness (QED) is 0.897. The summed E-state index contributed by atoms with van der Waals surface area (Å²) in [7, 11) is 0. The molecule has 0 amide bonds. The molecule has 0 aromatic heterocycles. The molecule has 1 unspecified atom stereocenters. The maximum atomic E-state index is 10.5. The van der Waals surface area contributed by atoms with Crippen LogP contribution < -0.4 is 5.73 Å². The van der Waals surface area contributed by atoms with E-state index in [1.807, 2.05) is 24.3 Å². The smallest absolute Gasteiger partial charge is 0.104 e. The molecule has 0 bridgehead atoms. The second kappa shape index (κ2) is 5.78. The Morgan fingerprint density at radius 1 is 0.900 bits per heavy atom. The average molecular weight is 267 g/mol. The van der Waals surface area contributed by atoms with E-state index < -0.39 is 6.10 Å². The van der Waals surface area contributed by atoms with E-state index in [1.165, 1.54) is 30.4 Å². The summed E-state index contributed by atoms with van der Waals surface area (Å²) in [5.74, 6) is 0. The van der Waals surface area contributed by atoms with E-state index in [9.17, 15) is 5.11 Å². The summed E-state index contributed by atoms with van der Waals surface area (Å²) < 4.78 is 0. The van der Waals surface area contributed by atoms with Crippen LogP contribution in [0.2, 0.25) is 0 Å². The highest BCUT2D eigenvalue weighted by atomic mass is 16.3. The fraction of sp³-hybridized carbons (Fsp3) is 0.333. The van der Waals surface area contributed by atoms with Gasteiger partial charge in [-0.05, 0) is 53.5 Å². The van der Waals surface area contributed by atoms with Gasteiger partial charge in [-0.1, -0.05) is 42.5 Å². The molecule has 0 saturated heterocycles. The number of aliphatic hydroxyl groups is 1. The molecule has 2 aromatic carbocycles. The Balaban J connectivity index is 1.87. The van der Waals surface area contributed by atoms with Crippen molar-refractivity contribution in [3.8, 4) is 0 Å². The number of nitrogens with two attached hydrogens (primary N) is 1. The normalized spacial score (nSPS) is 15.7. The van der Waals surface area contributed by atoms with E-state index in [-0.39, 0.29) is 0 Å². The number of fused-ring (bicyclic) bond motifs is 1. The van der Waals surface area contributed by atoms with Crippen LogP contribution in [0.4, 0.5) is 0 Å². The van der Waals surface area contributed by atoms with Gasteiger partial charge in [0.1, 0.15) is 6.10 Å². The third-order valence-electron chi connectivity index (χ3n) is 4.22. The third kappa shape index (κ3) is 2.62. The summed E-state index contributed by atoms with van der Waals surface area (Å²) >= 11 is 0. The first-order chi connectivity index (χ1) is 9.78. The maximum absolute atomic E-state index is 10.5. The highest BCUT2D eigenvalue weighted by Gasteiger charge is 2.14. The summed E-state index contributed by atoms with van der Waals surface area (Å²) in [6.45, 7) is 0.537. The molecule has 1 atom stereocenters. The van der Waals surface area contributed by atoms with Gasteiger partial charge < -0.3 is 10.8 Å². The Hall–Kier alpha value is -1.64. The molecule has 3 rings (SSSR count). The lowest BCUT2D eigenvalue weighted by Crippen LogP contribution is -2.06. The van der Waals surface area contributed by atoms with Crippen molar-refractivity contribution in [3.05, 3.63) is 70.3 Å². The number of hydrogen-bond acceptors (Lipinski definition) is 2. The van der Waals surface area contributed by atoms with Gasteiger partial charge in [0.15, 0.2) is 0 Å². The van der Waals surface area contributed by atoms with E-state index in [2.05, 4.69) is 18.2 Å². The number of aliphatic hydroxyl groups excluding tert-OH is 1. The van der Waals surface area contributed by atoms with E-state index in [0.717, 1.165) is 23.1 Å². The van der Waals surface area contributed by atoms with Crippen LogP contribution in [-0.2, 0) is 19.4 Å². The van der Waals surface area contributed by atoms with Gasteiger partial charge in [-0.3, -0.25) is 0 Å². The van der Waals surface area contributed by atoms with Gasteiger partial charge >= 0.3 is 0 Å². The molecule has 0 fully saturated rings. The van der Waals surface area contributed by atoms with Crippen LogP contribution in [0.3, 0.4) is 0 Å². The van der Waals surface area contributed by atoms with Gasteiger partial charge in [0.05, 0.1) is 0 Å². The topological polar surface area (TPSA) is 46.2 Å². The second-order valence-electron chi connectivity index (χ2n) is 5.58. The molecule has 0 spiro atoms. The minimum absolute atomic E-state index is 0.537. The van der Waals surface area contributed by atoms with Crippen molar-refractivity contribution in [2.45, 2.75) is 38.3 Å². The lowest BCUT2D eigenvalue weighted by atomic mass is 9.88. The van der Waals surface area contributed by atoms with E-state index >= 15 is 0 Å². The van der Waals surface area contributed by atoms with Crippen molar-refractivity contribution < 1.29 is 5.11 Å². The van der Waals surface area contributed by atoms with Crippen LogP contribution in [0.15, 0.2) is 42.5 Å². The van der Waals surface area contributed by atoms with Gasteiger partial charge in [0, 0.05) is 6.54 Å². The minimum atomic E-state index is -0.547. The lowest BCUT2D eigenvalue weighted by molar-refractivity contribution is 0.220. The summed E-state index contributed by atoms with van der Waals surface area (Å²) in [6, 6.07) is 14.3. The molecule has 104 valence electrons. The Labute approximate surface area is 120 Å². The standard InChI is InChI=1S/C18H21NO/c19-12-13-5-7-15(8-6-13)18(20)17-10-9-14-3-1-2-4-16(14)11-17/h5-11,18,20H,1-4,12,19H2. The molecule has 1 aliphatic rings. The van der Waals surface area contributed by atoms with Crippen LogP contribution in [0.1, 0.15) is 46.8 Å². The van der Waals surface area contributed by atoms with Crippen molar-refractivity contribution >= 4 is 0 Å². The monoisotopic (exact) mass is 267 g/mol. The van der Waals surface area contributed by atoms with Crippen molar-refractivity contribution in [1.82, 2.24) is 0 Å². The zero-order chi connectivity index (χ0) is 13.9. The average Bonchev–Trinajstić information content (AvgIpc) is 2.54. The Morgan fingerprint density at radius 2 is 1.55 bits per heavy atom. The van der Waals surface area contributed by atoms with E-state index in [4.69, 9.17) is 5.73 Å². The fourth-order valence-corrected chi connectivity index (χ4v) is 2.95. The van der Waals surface area contributed by atoms with Crippen LogP contribution in [0.5, 0.6) is 0 Å². The van der Waals surface area contributed by atoms with Gasteiger partial charge in [-0.2, -0.15) is 0 Å². The Morgan fingerprint density at radius 3 is 2.25 bits per heavy atom. The molecule has 1 aliphatic carbocycles. The lowest BCUT2D eigenvalue weighted by Gasteiger charge is -2.19. The van der Waals surface area contributed by atoms with Crippen LogP contribution in [0, 0.1) is 0 Å². The molecule has 0 saturated carbocycles. The Kier molecular flexibility index (Phi) is 3.86. The van der Waals surface area contributed by atoms with Crippen LogP contribution >= 0.6 is 0 Å². The largest absolute Gasteiger partial charge is 0.384 e. The van der Waals surface area contributed by atoms with Crippen molar-refractivity contribution in [2.75, 3.05) is 0 Å². The van der Waals surface area contributed by atoms with Gasteiger partial charge in [0.25, 0.3) is 0 Å². The zero-order valence-corrected chi connectivity index (χ0v) is 11.7. The molecule has 0 aliphatic heterocycles. The Bertz CT molecular complexity index is 589. The number of benzene rings is 2. The maximum Gasteiger partial charge on any atom is 0.104 e. The van der Waals surface area contributed by atoms with Crippen molar-refractivity contribution in [2.24, 2.45) is 5.73 Å². The molecule has 2 nitrogen and oxygen atoms in total. The summed E-state index contributed by atoms with van der Waals surface area (Å²) in [4.78, 5) is 0. The predicted molar refractivity (Wildman–Crippen MR) is 81.5 cm³/mol. The van der Waals surface area contributed by atoms with Crippen molar-refractivity contribution in [3.63, 3.8) is 0 Å². The first-order valence-corrected chi connectivity index (χ1v) is 7.36. The summed E-state index contributed by atoms with van der Waals surface area (Å²) in [5.41, 5.74) is 11.5. The minimum Gasteiger partial charge on any atom is -0.384 e. The SMILES string of the molecule is NCc1ccc(C(O)c2ccc3c(c2)CCCC3)cc1.